The monoisotopic (exact) mass is 371 g/mol. The zero-order valence-corrected chi connectivity index (χ0v) is 16.1. The predicted octanol–water partition coefficient (Wildman–Crippen LogP) is 3.95. The van der Waals surface area contributed by atoms with Crippen molar-refractivity contribution in [2.45, 2.75) is 39.2 Å². The van der Waals surface area contributed by atoms with E-state index in [1.807, 2.05) is 43.3 Å². The summed E-state index contributed by atoms with van der Waals surface area (Å²) in [7, 11) is 0. The molecule has 1 aliphatic heterocycles. The van der Waals surface area contributed by atoms with E-state index < -0.39 is 0 Å². The van der Waals surface area contributed by atoms with Crippen molar-refractivity contribution in [3.63, 3.8) is 0 Å². The van der Waals surface area contributed by atoms with Crippen LogP contribution < -0.4 is 20.3 Å². The van der Waals surface area contributed by atoms with Gasteiger partial charge in [-0.25, -0.2) is 0 Å². The molecule has 1 fully saturated rings. The summed E-state index contributed by atoms with van der Waals surface area (Å²) in [5.74, 6) is 2.54. The lowest BCUT2D eigenvalue weighted by Gasteiger charge is -2.34. The molecule has 0 bridgehead atoms. The third-order valence-corrected chi connectivity index (χ3v) is 4.56. The van der Waals surface area contributed by atoms with Crippen molar-refractivity contribution in [1.29, 1.82) is 0 Å². The Balaban J connectivity index is 1.89. The molecule has 2 aromatic rings. The average Bonchev–Trinajstić information content (AvgIpc) is 2.63. The number of hydrogen-bond acceptors (Lipinski definition) is 5. The summed E-state index contributed by atoms with van der Waals surface area (Å²) >= 11 is 5.27. The summed E-state index contributed by atoms with van der Waals surface area (Å²) in [6.45, 7) is 5.95. The highest BCUT2D eigenvalue weighted by molar-refractivity contribution is 7.80. The van der Waals surface area contributed by atoms with Gasteiger partial charge in [-0.2, -0.15) is 9.97 Å². The molecule has 26 heavy (non-hydrogen) atoms. The fourth-order valence-corrected chi connectivity index (χ4v) is 3.26. The Morgan fingerprint density at radius 3 is 2.81 bits per heavy atom. The average molecular weight is 372 g/mol. The number of thiocarbonyl (C=S) groups is 1. The van der Waals surface area contributed by atoms with Crippen molar-refractivity contribution in [3.8, 4) is 11.6 Å². The topological polar surface area (TPSA) is 62.3 Å². The van der Waals surface area contributed by atoms with Gasteiger partial charge in [-0.3, -0.25) is 0 Å². The molecule has 7 heteroatoms. The molecule has 0 amide bonds. The second-order valence-corrected chi connectivity index (χ2v) is 6.73. The normalized spacial score (nSPS) is 16.8. The lowest BCUT2D eigenvalue weighted by atomic mass is 10.0. The van der Waals surface area contributed by atoms with Gasteiger partial charge in [-0.15, -0.1) is 0 Å². The van der Waals surface area contributed by atoms with E-state index in [1.54, 1.807) is 0 Å². The number of rotatable bonds is 5. The van der Waals surface area contributed by atoms with Gasteiger partial charge in [0.25, 0.3) is 0 Å². The molecule has 1 aromatic carbocycles. The van der Waals surface area contributed by atoms with Crippen LogP contribution in [0.15, 0.2) is 36.4 Å². The van der Waals surface area contributed by atoms with Crippen molar-refractivity contribution >= 4 is 29.1 Å². The molecular formula is C19H25N5OS. The van der Waals surface area contributed by atoms with Crippen LogP contribution in [-0.2, 0) is 0 Å². The lowest BCUT2D eigenvalue weighted by molar-refractivity contribution is 0.457. The zero-order chi connectivity index (χ0) is 18.4. The second kappa shape index (κ2) is 8.80. The number of benzene rings is 1. The summed E-state index contributed by atoms with van der Waals surface area (Å²) in [6.07, 6.45) is 3.59. The number of hydrogen-bond donors (Lipinski definition) is 2. The van der Waals surface area contributed by atoms with E-state index in [2.05, 4.69) is 32.4 Å². The van der Waals surface area contributed by atoms with Crippen LogP contribution in [0.1, 0.15) is 33.1 Å². The van der Waals surface area contributed by atoms with Crippen LogP contribution in [0.4, 0.5) is 11.8 Å². The van der Waals surface area contributed by atoms with Gasteiger partial charge in [0.15, 0.2) is 5.11 Å². The van der Waals surface area contributed by atoms with Gasteiger partial charge < -0.3 is 20.3 Å². The maximum atomic E-state index is 5.95. The molecule has 3 rings (SSSR count). The van der Waals surface area contributed by atoms with Crippen LogP contribution in [0.5, 0.6) is 11.6 Å². The molecule has 1 unspecified atom stereocenters. The fraction of sp³-hybridized carbons (Fsp3) is 0.421. The first-order valence-corrected chi connectivity index (χ1v) is 9.50. The summed E-state index contributed by atoms with van der Waals surface area (Å²) in [5, 5.41) is 6.61. The van der Waals surface area contributed by atoms with E-state index in [0.29, 0.717) is 23.0 Å². The lowest BCUT2D eigenvalue weighted by Crippen LogP contribution is -2.38. The maximum absolute atomic E-state index is 5.95. The molecule has 0 saturated carbocycles. The van der Waals surface area contributed by atoms with Gasteiger partial charge in [0.05, 0.1) is 0 Å². The van der Waals surface area contributed by atoms with E-state index in [0.717, 1.165) is 31.1 Å². The first-order chi connectivity index (χ1) is 12.7. The third kappa shape index (κ3) is 4.82. The molecule has 0 radical (unpaired) electrons. The molecule has 1 saturated heterocycles. The number of ether oxygens (including phenoxy) is 1. The Hall–Kier alpha value is -2.41. The molecule has 1 aliphatic rings. The second-order valence-electron chi connectivity index (χ2n) is 6.33. The molecule has 6 nitrogen and oxygen atoms in total. The number of nitrogens with zero attached hydrogens (tertiary/aromatic N) is 3. The quantitative estimate of drug-likeness (QED) is 0.772. The molecule has 0 spiro atoms. The number of nitrogens with one attached hydrogen (secondary N) is 2. The highest BCUT2D eigenvalue weighted by atomic mass is 32.1. The van der Waals surface area contributed by atoms with Crippen LogP contribution in [-0.4, -0.2) is 34.2 Å². The van der Waals surface area contributed by atoms with E-state index in [1.165, 1.54) is 12.8 Å². The molecule has 138 valence electrons. The van der Waals surface area contributed by atoms with Gasteiger partial charge in [-0.05, 0) is 57.5 Å². The molecular weight excluding hydrogens is 346 g/mol. The van der Waals surface area contributed by atoms with Crippen LogP contribution in [0.3, 0.4) is 0 Å². The van der Waals surface area contributed by atoms with Gasteiger partial charge in [-0.1, -0.05) is 18.2 Å². The minimum absolute atomic E-state index is 0.441. The van der Waals surface area contributed by atoms with E-state index in [9.17, 15) is 0 Å². The number of aromatic nitrogens is 2. The van der Waals surface area contributed by atoms with Crippen molar-refractivity contribution in [1.82, 2.24) is 15.3 Å². The van der Waals surface area contributed by atoms with Crippen LogP contribution in [0, 0.1) is 0 Å². The summed E-state index contributed by atoms with van der Waals surface area (Å²) in [4.78, 5) is 11.4. The zero-order valence-electron chi connectivity index (χ0n) is 15.2. The molecule has 0 aliphatic carbocycles. The van der Waals surface area contributed by atoms with Crippen LogP contribution >= 0.6 is 12.2 Å². The maximum Gasteiger partial charge on any atom is 0.234 e. The first kappa shape index (κ1) is 18.4. The van der Waals surface area contributed by atoms with E-state index >= 15 is 0 Å². The Morgan fingerprint density at radius 1 is 1.27 bits per heavy atom. The van der Waals surface area contributed by atoms with Crippen LogP contribution in [0.2, 0.25) is 0 Å². The summed E-state index contributed by atoms with van der Waals surface area (Å²) in [5.41, 5.74) is 0. The van der Waals surface area contributed by atoms with E-state index in [-0.39, 0.29) is 0 Å². The largest absolute Gasteiger partial charge is 0.439 e. The summed E-state index contributed by atoms with van der Waals surface area (Å²) < 4.78 is 5.95. The van der Waals surface area contributed by atoms with Crippen LogP contribution in [0.25, 0.3) is 0 Å². The van der Waals surface area contributed by atoms with E-state index in [4.69, 9.17) is 17.0 Å². The third-order valence-electron chi connectivity index (χ3n) is 4.31. The highest BCUT2D eigenvalue weighted by Crippen LogP contribution is 2.28. The molecule has 2 N–H and O–H groups in total. The Labute approximate surface area is 160 Å². The fourth-order valence-electron chi connectivity index (χ4n) is 3.02. The molecule has 1 atom stereocenters. The number of anilines is 2. The Morgan fingerprint density at radius 2 is 2.08 bits per heavy atom. The molecule has 1 aromatic heterocycles. The standard InChI is InChI=1S/C19H25N5OS/c1-3-20-19(26)23-18-21-16(24-12-8-7-9-14(24)2)13-17(22-18)25-15-10-5-4-6-11-15/h4-6,10-11,13-14H,3,7-9,12H2,1-2H3,(H2,20,21,22,23,26). The SMILES string of the molecule is CCNC(=S)Nc1nc(Oc2ccccc2)cc(N2CCCCC2C)n1. The summed E-state index contributed by atoms with van der Waals surface area (Å²) in [6, 6.07) is 12.0. The Kier molecular flexibility index (Phi) is 6.22. The van der Waals surface area contributed by atoms with Gasteiger partial charge in [0.1, 0.15) is 11.6 Å². The van der Waals surface area contributed by atoms with Gasteiger partial charge >= 0.3 is 0 Å². The van der Waals surface area contributed by atoms with Gasteiger partial charge in [0, 0.05) is 25.2 Å². The highest BCUT2D eigenvalue weighted by Gasteiger charge is 2.21. The number of piperidine rings is 1. The predicted molar refractivity (Wildman–Crippen MR) is 109 cm³/mol. The van der Waals surface area contributed by atoms with Gasteiger partial charge in [0.2, 0.25) is 11.8 Å². The minimum Gasteiger partial charge on any atom is -0.439 e. The van der Waals surface area contributed by atoms with Crippen molar-refractivity contribution in [2.75, 3.05) is 23.3 Å². The Bertz CT molecular complexity index is 740. The number of para-hydroxylation sites is 1. The minimum atomic E-state index is 0.441. The molecule has 2 heterocycles. The van der Waals surface area contributed by atoms with Crippen molar-refractivity contribution < 1.29 is 4.74 Å². The van der Waals surface area contributed by atoms with Crippen molar-refractivity contribution in [2.24, 2.45) is 0 Å². The first-order valence-electron chi connectivity index (χ1n) is 9.09. The van der Waals surface area contributed by atoms with Crippen molar-refractivity contribution in [3.05, 3.63) is 36.4 Å². The smallest absolute Gasteiger partial charge is 0.234 e.